The number of hydrogen-bond donors (Lipinski definition) is 1. The number of nitrogens with zero attached hydrogens (tertiary/aromatic N) is 3. The van der Waals surface area contributed by atoms with Gasteiger partial charge < -0.3 is 5.32 Å². The molecule has 114 valence electrons. The molecule has 1 unspecified atom stereocenters. The Bertz CT molecular complexity index is 606. The Morgan fingerprint density at radius 1 is 1.24 bits per heavy atom. The number of benzene rings is 1. The highest BCUT2D eigenvalue weighted by molar-refractivity contribution is 5.44. The molecule has 0 saturated carbocycles. The third-order valence-corrected chi connectivity index (χ3v) is 3.55. The van der Waals surface area contributed by atoms with Crippen LogP contribution in [0.3, 0.4) is 0 Å². The Morgan fingerprint density at radius 3 is 2.62 bits per heavy atom. The Labute approximate surface area is 125 Å². The molecule has 1 atom stereocenters. The summed E-state index contributed by atoms with van der Waals surface area (Å²) in [5.41, 5.74) is 1.41. The number of rotatable bonds is 6. The maximum absolute atomic E-state index is 14.3. The van der Waals surface area contributed by atoms with Crippen molar-refractivity contribution in [2.24, 2.45) is 0 Å². The fraction of sp³-hybridized carbons (Fsp3) is 0.500. The molecule has 0 saturated heterocycles. The van der Waals surface area contributed by atoms with E-state index >= 15 is 0 Å². The molecule has 0 bridgehead atoms. The van der Waals surface area contributed by atoms with Gasteiger partial charge in [-0.15, -0.1) is 0 Å². The molecule has 2 rings (SSSR count). The molecule has 0 aliphatic rings. The summed E-state index contributed by atoms with van der Waals surface area (Å²) in [7, 11) is 0. The Kier molecular flexibility index (Phi) is 5.07. The fourth-order valence-electron chi connectivity index (χ4n) is 2.51. The summed E-state index contributed by atoms with van der Waals surface area (Å²) in [6.45, 7) is 8.82. The van der Waals surface area contributed by atoms with Crippen molar-refractivity contribution < 1.29 is 4.39 Å². The lowest BCUT2D eigenvalue weighted by atomic mass is 10.0. The van der Waals surface area contributed by atoms with E-state index in [0.717, 1.165) is 36.7 Å². The summed E-state index contributed by atoms with van der Waals surface area (Å²) in [5, 5.41) is 7.79. The first-order valence-corrected chi connectivity index (χ1v) is 7.59. The van der Waals surface area contributed by atoms with Crippen molar-refractivity contribution in [3.8, 4) is 5.69 Å². The van der Waals surface area contributed by atoms with Crippen molar-refractivity contribution in [3.63, 3.8) is 0 Å². The lowest BCUT2D eigenvalue weighted by molar-refractivity contribution is 0.535. The molecule has 1 aromatic heterocycles. The molecule has 0 spiro atoms. The van der Waals surface area contributed by atoms with Gasteiger partial charge in [-0.05, 0) is 25.6 Å². The van der Waals surface area contributed by atoms with Crippen LogP contribution in [0.1, 0.15) is 50.9 Å². The summed E-state index contributed by atoms with van der Waals surface area (Å²) in [6.07, 6.45) is 1.53. The zero-order valence-corrected chi connectivity index (χ0v) is 13.2. The van der Waals surface area contributed by atoms with Crippen LogP contribution in [-0.2, 0) is 12.8 Å². The largest absolute Gasteiger partial charge is 0.310 e. The van der Waals surface area contributed by atoms with Crippen molar-refractivity contribution in [1.29, 1.82) is 0 Å². The van der Waals surface area contributed by atoms with Crippen LogP contribution in [0.25, 0.3) is 5.69 Å². The molecule has 2 aromatic rings. The molecule has 21 heavy (non-hydrogen) atoms. The Hall–Kier alpha value is -1.75. The Morgan fingerprint density at radius 2 is 2.00 bits per heavy atom. The lowest BCUT2D eigenvalue weighted by Gasteiger charge is -2.18. The van der Waals surface area contributed by atoms with Crippen LogP contribution in [0.5, 0.6) is 0 Å². The van der Waals surface area contributed by atoms with Gasteiger partial charge in [-0.1, -0.05) is 26.8 Å². The first-order valence-electron chi connectivity index (χ1n) is 7.59. The molecule has 1 heterocycles. The molecule has 0 aliphatic heterocycles. The van der Waals surface area contributed by atoms with Gasteiger partial charge in [-0.2, -0.15) is 5.10 Å². The zero-order valence-electron chi connectivity index (χ0n) is 13.2. The maximum Gasteiger partial charge on any atom is 0.151 e. The molecule has 0 aliphatic carbocycles. The summed E-state index contributed by atoms with van der Waals surface area (Å²) >= 11 is 0. The quantitative estimate of drug-likeness (QED) is 0.888. The second-order valence-electron chi connectivity index (χ2n) is 5.02. The van der Waals surface area contributed by atoms with Crippen molar-refractivity contribution in [2.75, 3.05) is 6.54 Å². The highest BCUT2D eigenvalue weighted by atomic mass is 19.1. The van der Waals surface area contributed by atoms with E-state index in [0.29, 0.717) is 5.56 Å². The lowest BCUT2D eigenvalue weighted by Crippen LogP contribution is -2.21. The van der Waals surface area contributed by atoms with Crippen molar-refractivity contribution in [1.82, 2.24) is 20.1 Å². The molecule has 0 radical (unpaired) electrons. The van der Waals surface area contributed by atoms with E-state index in [1.807, 2.05) is 33.8 Å². The first-order chi connectivity index (χ1) is 10.1. The molecule has 0 fully saturated rings. The van der Waals surface area contributed by atoms with Gasteiger partial charge in [0.1, 0.15) is 11.6 Å². The molecule has 5 heteroatoms. The van der Waals surface area contributed by atoms with E-state index < -0.39 is 0 Å². The standard InChI is InChI=1S/C16H23FN4/c1-5-14-19-15(6-2)21(20-14)13-10-8-9-12(17)16(13)11(4)18-7-3/h8-11,18H,5-7H2,1-4H3. The minimum absolute atomic E-state index is 0.0785. The fourth-order valence-corrected chi connectivity index (χ4v) is 2.51. The highest BCUT2D eigenvalue weighted by Crippen LogP contribution is 2.25. The highest BCUT2D eigenvalue weighted by Gasteiger charge is 2.19. The van der Waals surface area contributed by atoms with Crippen molar-refractivity contribution in [2.45, 2.75) is 46.6 Å². The number of aryl methyl sites for hydroxylation is 2. The monoisotopic (exact) mass is 290 g/mol. The SMILES string of the molecule is CCNC(C)c1c(F)cccc1-n1nc(CC)nc1CC. The topological polar surface area (TPSA) is 42.7 Å². The zero-order chi connectivity index (χ0) is 15.4. The molecule has 0 amide bonds. The molecule has 1 aromatic carbocycles. The number of aromatic nitrogens is 3. The molecule has 4 nitrogen and oxygen atoms in total. The van der Waals surface area contributed by atoms with Crippen molar-refractivity contribution in [3.05, 3.63) is 41.2 Å². The maximum atomic E-state index is 14.3. The van der Waals surface area contributed by atoms with Gasteiger partial charge in [0.25, 0.3) is 0 Å². The van der Waals surface area contributed by atoms with Crippen LogP contribution in [0.15, 0.2) is 18.2 Å². The second kappa shape index (κ2) is 6.80. The van der Waals surface area contributed by atoms with Gasteiger partial charge in [-0.25, -0.2) is 14.1 Å². The van der Waals surface area contributed by atoms with Gasteiger partial charge in [0.2, 0.25) is 0 Å². The van der Waals surface area contributed by atoms with Gasteiger partial charge in [0.05, 0.1) is 5.69 Å². The van der Waals surface area contributed by atoms with E-state index in [1.54, 1.807) is 10.7 Å². The minimum Gasteiger partial charge on any atom is -0.310 e. The van der Waals surface area contributed by atoms with Crippen LogP contribution < -0.4 is 5.32 Å². The van der Waals surface area contributed by atoms with E-state index in [1.165, 1.54) is 6.07 Å². The van der Waals surface area contributed by atoms with Gasteiger partial charge >= 0.3 is 0 Å². The van der Waals surface area contributed by atoms with Crippen molar-refractivity contribution >= 4 is 0 Å². The number of hydrogen-bond acceptors (Lipinski definition) is 3. The predicted molar refractivity (Wildman–Crippen MR) is 82.2 cm³/mol. The first kappa shape index (κ1) is 15.6. The number of halogens is 1. The summed E-state index contributed by atoms with van der Waals surface area (Å²) in [5.74, 6) is 1.44. The smallest absolute Gasteiger partial charge is 0.151 e. The van der Waals surface area contributed by atoms with E-state index in [4.69, 9.17) is 0 Å². The average Bonchev–Trinajstić information content (AvgIpc) is 2.90. The van der Waals surface area contributed by atoms with E-state index in [2.05, 4.69) is 15.4 Å². The third-order valence-electron chi connectivity index (χ3n) is 3.55. The van der Waals surface area contributed by atoms with Gasteiger partial charge in [0, 0.05) is 24.4 Å². The van der Waals surface area contributed by atoms with Gasteiger partial charge in [-0.3, -0.25) is 0 Å². The normalized spacial score (nSPS) is 12.6. The molecular weight excluding hydrogens is 267 g/mol. The third kappa shape index (κ3) is 3.13. The molecular formula is C16H23FN4. The summed E-state index contributed by atoms with van der Waals surface area (Å²) < 4.78 is 16.1. The van der Waals surface area contributed by atoms with E-state index in [-0.39, 0.29) is 11.9 Å². The minimum atomic E-state index is -0.212. The van der Waals surface area contributed by atoms with Crippen LogP contribution in [-0.4, -0.2) is 21.3 Å². The number of nitrogens with one attached hydrogen (secondary N) is 1. The predicted octanol–water partition coefficient (Wildman–Crippen LogP) is 3.20. The molecule has 1 N–H and O–H groups in total. The average molecular weight is 290 g/mol. The van der Waals surface area contributed by atoms with Gasteiger partial charge in [0.15, 0.2) is 5.82 Å². The van der Waals surface area contributed by atoms with Crippen LogP contribution in [0, 0.1) is 5.82 Å². The van der Waals surface area contributed by atoms with Crippen LogP contribution in [0.2, 0.25) is 0 Å². The summed E-state index contributed by atoms with van der Waals surface area (Å²) in [4.78, 5) is 4.51. The second-order valence-corrected chi connectivity index (χ2v) is 5.02. The van der Waals surface area contributed by atoms with Crippen LogP contribution in [0.4, 0.5) is 4.39 Å². The summed E-state index contributed by atoms with van der Waals surface area (Å²) in [6, 6.07) is 5.04. The Balaban J connectivity index is 2.58. The van der Waals surface area contributed by atoms with Crippen LogP contribution >= 0.6 is 0 Å². The van der Waals surface area contributed by atoms with E-state index in [9.17, 15) is 4.39 Å².